The molecule has 1 aliphatic carbocycles. The van der Waals surface area contributed by atoms with E-state index in [2.05, 4.69) is 9.47 Å². The lowest BCUT2D eigenvalue weighted by molar-refractivity contribution is -0.141. The minimum absolute atomic E-state index is 0.0325. The molecular weight excluding hydrogens is 184 g/mol. The van der Waals surface area contributed by atoms with Gasteiger partial charge in [0.25, 0.3) is 0 Å². The normalized spacial score (nSPS) is 20.1. The third-order valence-electron chi connectivity index (χ3n) is 2.38. The Kier molecular flexibility index (Phi) is 3.68. The van der Waals surface area contributed by atoms with E-state index < -0.39 is 0 Å². The summed E-state index contributed by atoms with van der Waals surface area (Å²) in [6.45, 7) is 0. The Balaban J connectivity index is 2.58. The molecule has 1 aliphatic rings. The lowest BCUT2D eigenvalue weighted by Crippen LogP contribution is -2.15. The molecule has 0 aliphatic heterocycles. The van der Waals surface area contributed by atoms with E-state index in [1.807, 2.05) is 6.08 Å². The van der Waals surface area contributed by atoms with Crippen molar-refractivity contribution in [1.29, 1.82) is 0 Å². The summed E-state index contributed by atoms with van der Waals surface area (Å²) in [5, 5.41) is 0. The van der Waals surface area contributed by atoms with Gasteiger partial charge in [-0.05, 0) is 12.8 Å². The third kappa shape index (κ3) is 2.34. The molecule has 0 bridgehead atoms. The van der Waals surface area contributed by atoms with Crippen molar-refractivity contribution in [1.82, 2.24) is 0 Å². The molecule has 0 spiro atoms. The predicted octanol–water partition coefficient (Wildman–Crippen LogP) is 1.06. The maximum absolute atomic E-state index is 11.3. The summed E-state index contributed by atoms with van der Waals surface area (Å²) in [6.07, 6.45) is 3.74. The van der Waals surface area contributed by atoms with Gasteiger partial charge >= 0.3 is 11.9 Å². The van der Waals surface area contributed by atoms with Crippen molar-refractivity contribution in [2.75, 3.05) is 14.2 Å². The third-order valence-corrected chi connectivity index (χ3v) is 2.38. The van der Waals surface area contributed by atoms with E-state index in [0.717, 1.165) is 12.8 Å². The number of rotatable bonds is 3. The Labute approximate surface area is 82.9 Å². The van der Waals surface area contributed by atoms with Crippen LogP contribution in [0.3, 0.4) is 0 Å². The van der Waals surface area contributed by atoms with Gasteiger partial charge in [-0.2, -0.15) is 0 Å². The Morgan fingerprint density at radius 3 is 2.71 bits per heavy atom. The lowest BCUT2D eigenvalue weighted by Gasteiger charge is -2.11. The van der Waals surface area contributed by atoms with Crippen molar-refractivity contribution in [2.45, 2.75) is 19.3 Å². The number of carbonyl (C=O) groups is 2. The highest BCUT2D eigenvalue weighted by atomic mass is 16.5. The van der Waals surface area contributed by atoms with E-state index in [1.54, 1.807) is 0 Å². The minimum Gasteiger partial charge on any atom is -0.469 e. The average Bonchev–Trinajstić information content (AvgIpc) is 2.64. The van der Waals surface area contributed by atoms with Crippen LogP contribution >= 0.6 is 0 Å². The molecule has 0 saturated carbocycles. The maximum atomic E-state index is 11.3. The quantitative estimate of drug-likeness (QED) is 0.636. The second kappa shape index (κ2) is 4.79. The summed E-state index contributed by atoms with van der Waals surface area (Å²) in [5.74, 6) is -0.655. The number of ether oxygens (including phenoxy) is 2. The fraction of sp³-hybridized carbons (Fsp3) is 0.600. The lowest BCUT2D eigenvalue weighted by atomic mass is 9.98. The van der Waals surface area contributed by atoms with Gasteiger partial charge in [0.15, 0.2) is 0 Å². The summed E-state index contributed by atoms with van der Waals surface area (Å²) in [6, 6.07) is 0. The van der Waals surface area contributed by atoms with Crippen molar-refractivity contribution < 1.29 is 19.1 Å². The second-order valence-corrected chi connectivity index (χ2v) is 3.21. The molecule has 0 N–H and O–H groups in total. The van der Waals surface area contributed by atoms with Gasteiger partial charge in [0.2, 0.25) is 0 Å². The molecule has 1 atom stereocenters. The first-order chi connectivity index (χ1) is 6.69. The summed E-state index contributed by atoms with van der Waals surface area (Å²) in [4.78, 5) is 22.3. The zero-order valence-electron chi connectivity index (χ0n) is 8.41. The SMILES string of the molecule is COC(=O)C[C@@H]1CCC=C1C(=O)OC. The van der Waals surface area contributed by atoms with Crippen LogP contribution < -0.4 is 0 Å². The average molecular weight is 198 g/mol. The van der Waals surface area contributed by atoms with Crippen LogP contribution in [0.25, 0.3) is 0 Å². The molecule has 0 amide bonds. The molecule has 0 aromatic rings. The number of allylic oxidation sites excluding steroid dienone is 1. The molecule has 0 aromatic heterocycles. The van der Waals surface area contributed by atoms with E-state index in [0.29, 0.717) is 5.57 Å². The van der Waals surface area contributed by atoms with Crippen LogP contribution in [0.15, 0.2) is 11.6 Å². The molecule has 4 nitrogen and oxygen atoms in total. The summed E-state index contributed by atoms with van der Waals surface area (Å²) < 4.78 is 9.18. The molecule has 14 heavy (non-hydrogen) atoms. The fourth-order valence-electron chi connectivity index (χ4n) is 1.63. The zero-order chi connectivity index (χ0) is 10.6. The van der Waals surface area contributed by atoms with Crippen LogP contribution in [-0.2, 0) is 19.1 Å². The van der Waals surface area contributed by atoms with Crippen molar-refractivity contribution in [3.8, 4) is 0 Å². The van der Waals surface area contributed by atoms with Gasteiger partial charge in [0, 0.05) is 11.5 Å². The minimum atomic E-state index is -0.337. The van der Waals surface area contributed by atoms with Crippen LogP contribution in [-0.4, -0.2) is 26.2 Å². The van der Waals surface area contributed by atoms with Gasteiger partial charge in [-0.25, -0.2) is 4.79 Å². The first-order valence-corrected chi connectivity index (χ1v) is 4.54. The topological polar surface area (TPSA) is 52.6 Å². The predicted molar refractivity (Wildman–Crippen MR) is 49.5 cm³/mol. The fourth-order valence-corrected chi connectivity index (χ4v) is 1.63. The molecule has 0 radical (unpaired) electrons. The molecule has 78 valence electrons. The van der Waals surface area contributed by atoms with Gasteiger partial charge in [-0.1, -0.05) is 6.08 Å². The van der Waals surface area contributed by atoms with Gasteiger partial charge in [-0.3, -0.25) is 4.79 Å². The summed E-state index contributed by atoms with van der Waals surface area (Å²) in [7, 11) is 2.69. The number of carbonyl (C=O) groups excluding carboxylic acids is 2. The number of hydrogen-bond donors (Lipinski definition) is 0. The standard InChI is InChI=1S/C10H14O4/c1-13-9(11)6-7-4-3-5-8(7)10(12)14-2/h5,7H,3-4,6H2,1-2H3/t7-/m0/s1. The van der Waals surface area contributed by atoms with Crippen molar-refractivity contribution in [3.63, 3.8) is 0 Å². The number of methoxy groups -OCH3 is 2. The van der Waals surface area contributed by atoms with Crippen LogP contribution in [0.5, 0.6) is 0 Å². The Morgan fingerprint density at radius 1 is 1.43 bits per heavy atom. The van der Waals surface area contributed by atoms with E-state index >= 15 is 0 Å². The van der Waals surface area contributed by atoms with Gasteiger partial charge in [0.05, 0.1) is 20.6 Å². The first kappa shape index (κ1) is 10.8. The first-order valence-electron chi connectivity index (χ1n) is 4.54. The van der Waals surface area contributed by atoms with Crippen molar-refractivity contribution >= 4 is 11.9 Å². The van der Waals surface area contributed by atoms with Crippen molar-refractivity contribution in [3.05, 3.63) is 11.6 Å². The largest absolute Gasteiger partial charge is 0.469 e. The molecular formula is C10H14O4. The van der Waals surface area contributed by atoms with E-state index in [1.165, 1.54) is 14.2 Å². The highest BCUT2D eigenvalue weighted by molar-refractivity contribution is 5.90. The smallest absolute Gasteiger partial charge is 0.333 e. The molecule has 0 saturated heterocycles. The van der Waals surface area contributed by atoms with E-state index in [9.17, 15) is 9.59 Å². The molecule has 4 heteroatoms. The molecule has 0 fully saturated rings. The van der Waals surface area contributed by atoms with Gasteiger partial charge < -0.3 is 9.47 Å². The number of esters is 2. The highest BCUT2D eigenvalue weighted by Crippen LogP contribution is 2.29. The Morgan fingerprint density at radius 2 is 2.14 bits per heavy atom. The van der Waals surface area contributed by atoms with Crippen LogP contribution in [0.4, 0.5) is 0 Å². The molecule has 0 unspecified atom stereocenters. The highest BCUT2D eigenvalue weighted by Gasteiger charge is 2.27. The Hall–Kier alpha value is -1.32. The van der Waals surface area contributed by atoms with Crippen molar-refractivity contribution in [2.24, 2.45) is 5.92 Å². The van der Waals surface area contributed by atoms with Crippen LogP contribution in [0.2, 0.25) is 0 Å². The molecule has 1 rings (SSSR count). The molecule has 0 aromatic carbocycles. The summed E-state index contributed by atoms with van der Waals surface area (Å²) in [5.41, 5.74) is 0.609. The second-order valence-electron chi connectivity index (χ2n) is 3.21. The Bertz CT molecular complexity index is 267. The number of hydrogen-bond acceptors (Lipinski definition) is 4. The van der Waals surface area contributed by atoms with E-state index in [-0.39, 0.29) is 24.3 Å². The van der Waals surface area contributed by atoms with Crippen LogP contribution in [0, 0.1) is 5.92 Å². The van der Waals surface area contributed by atoms with E-state index in [4.69, 9.17) is 0 Å². The van der Waals surface area contributed by atoms with Gasteiger partial charge in [-0.15, -0.1) is 0 Å². The molecule has 0 heterocycles. The van der Waals surface area contributed by atoms with Gasteiger partial charge in [0.1, 0.15) is 0 Å². The monoisotopic (exact) mass is 198 g/mol. The maximum Gasteiger partial charge on any atom is 0.333 e. The summed E-state index contributed by atoms with van der Waals surface area (Å²) >= 11 is 0. The zero-order valence-corrected chi connectivity index (χ0v) is 8.41. The van der Waals surface area contributed by atoms with Crippen LogP contribution in [0.1, 0.15) is 19.3 Å².